The molecule has 1 saturated carbocycles. The Balaban J connectivity index is 1.38. The highest BCUT2D eigenvalue weighted by atomic mass is 16.3. The summed E-state index contributed by atoms with van der Waals surface area (Å²) in [6.07, 6.45) is 7.85. The summed E-state index contributed by atoms with van der Waals surface area (Å²) in [7, 11) is 0. The van der Waals surface area contributed by atoms with Gasteiger partial charge in [-0.15, -0.1) is 6.58 Å². The van der Waals surface area contributed by atoms with Crippen molar-refractivity contribution in [2.45, 2.75) is 51.6 Å². The molecule has 204 valence electrons. The molecule has 0 saturated heterocycles. The van der Waals surface area contributed by atoms with Gasteiger partial charge in [-0.1, -0.05) is 42.0 Å². The van der Waals surface area contributed by atoms with Gasteiger partial charge in [0.15, 0.2) is 24.0 Å². The smallest absolute Gasteiger partial charge is 0.216 e. The molecule has 9 rings (SSSR count). The molecule has 0 amide bonds. The van der Waals surface area contributed by atoms with Crippen LogP contribution in [0.1, 0.15) is 45.3 Å². The fraction of sp³-hybridized carbons (Fsp3) is 0.231. The average Bonchev–Trinajstić information content (AvgIpc) is 3.34. The Bertz CT molecular complexity index is 2170. The van der Waals surface area contributed by atoms with E-state index >= 15 is 0 Å². The Hall–Kier alpha value is -4.50. The Morgan fingerprint density at radius 2 is 1.67 bits per heavy atom. The summed E-state index contributed by atoms with van der Waals surface area (Å²) in [6.45, 7) is 13.3. The van der Waals surface area contributed by atoms with Crippen LogP contribution in [0.4, 0.5) is 0 Å². The van der Waals surface area contributed by atoms with Crippen molar-refractivity contribution in [1.82, 2.24) is 0 Å². The number of benzene rings is 3. The monoisotopic (exact) mass is 546 g/mol. The molecular weight excluding hydrogens is 512 g/mol. The van der Waals surface area contributed by atoms with Crippen molar-refractivity contribution in [3.05, 3.63) is 131 Å². The maximum absolute atomic E-state index is 6.76. The Labute approximate surface area is 246 Å². The molecule has 0 N–H and O–H groups in total. The number of allylic oxidation sites excluding steroid dienone is 1. The number of fused-ring (bicyclic) bond motifs is 15. The van der Waals surface area contributed by atoms with Gasteiger partial charge in [-0.2, -0.15) is 9.13 Å². The average molecular weight is 547 g/mol. The van der Waals surface area contributed by atoms with E-state index in [1.807, 2.05) is 0 Å². The predicted octanol–water partition coefficient (Wildman–Crippen LogP) is 8.13. The number of rotatable bonds is 1. The number of hydrogen-bond acceptors (Lipinski definition) is 1. The van der Waals surface area contributed by atoms with Crippen LogP contribution in [0.5, 0.6) is 0 Å². The van der Waals surface area contributed by atoms with E-state index in [2.05, 4.69) is 135 Å². The highest BCUT2D eigenvalue weighted by molar-refractivity contribution is 6.10. The molecule has 4 unspecified atom stereocenters. The summed E-state index contributed by atoms with van der Waals surface area (Å²) < 4.78 is 11.9. The van der Waals surface area contributed by atoms with Crippen molar-refractivity contribution in [1.29, 1.82) is 0 Å². The van der Waals surface area contributed by atoms with Crippen molar-refractivity contribution < 1.29 is 13.6 Å². The first-order chi connectivity index (χ1) is 20.4. The molecule has 3 aromatic heterocycles. The van der Waals surface area contributed by atoms with E-state index in [4.69, 9.17) is 4.42 Å². The van der Waals surface area contributed by atoms with Gasteiger partial charge in [0.05, 0.1) is 11.1 Å². The summed E-state index contributed by atoms with van der Waals surface area (Å²) in [5, 5.41) is 2.37. The van der Waals surface area contributed by atoms with Crippen molar-refractivity contribution in [2.75, 3.05) is 0 Å². The van der Waals surface area contributed by atoms with Crippen LogP contribution in [0, 0.1) is 33.6 Å². The van der Waals surface area contributed by atoms with E-state index in [1.54, 1.807) is 0 Å². The highest BCUT2D eigenvalue weighted by Gasteiger charge is 2.76. The van der Waals surface area contributed by atoms with Crippen LogP contribution < -0.4 is 9.13 Å². The second-order valence-electron chi connectivity index (χ2n) is 13.0. The summed E-state index contributed by atoms with van der Waals surface area (Å²) in [5.74, 6) is 0.520. The lowest BCUT2D eigenvalue weighted by atomic mass is 9.48. The highest BCUT2D eigenvalue weighted by Crippen LogP contribution is 2.65. The largest absolute Gasteiger partial charge is 0.455 e. The first kappa shape index (κ1) is 24.1. The van der Waals surface area contributed by atoms with Crippen LogP contribution in [0.15, 0.2) is 102 Å². The number of furan rings is 1. The van der Waals surface area contributed by atoms with Gasteiger partial charge in [0, 0.05) is 41.5 Å². The van der Waals surface area contributed by atoms with Gasteiger partial charge >= 0.3 is 0 Å². The van der Waals surface area contributed by atoms with Gasteiger partial charge in [-0.05, 0) is 73.7 Å². The number of pyridine rings is 2. The fourth-order valence-corrected chi connectivity index (χ4v) is 8.98. The molecule has 4 atom stereocenters. The maximum Gasteiger partial charge on any atom is 0.216 e. The third-order valence-corrected chi connectivity index (χ3v) is 10.6. The topological polar surface area (TPSA) is 20.9 Å². The third-order valence-electron chi connectivity index (χ3n) is 10.6. The first-order valence-corrected chi connectivity index (χ1v) is 15.1. The minimum absolute atomic E-state index is 0.173. The van der Waals surface area contributed by atoms with E-state index < -0.39 is 0 Å². The second-order valence-corrected chi connectivity index (χ2v) is 13.0. The standard InChI is InChI=1S/C39H34N2O/c1-6-31-37-36(39(31)21-30-25(5)17-24(4)18-29(30)33-19-23(3)14-16-41(33)39)28-13-12-27-26-11-10-22(2)20-34(26)42-38(27)35(28)32-9-7-8-15-40(32)37/h6-20,31,36-37H,1,21H2,2-5H3/q+2. The Morgan fingerprint density at radius 3 is 2.52 bits per heavy atom. The molecule has 1 aliphatic carbocycles. The minimum atomic E-state index is -0.173. The maximum atomic E-state index is 6.76. The molecule has 1 fully saturated rings. The molecular formula is C39H34N2O+2. The van der Waals surface area contributed by atoms with E-state index in [9.17, 15) is 0 Å². The molecule has 6 aromatic rings. The van der Waals surface area contributed by atoms with Crippen LogP contribution in [0.25, 0.3) is 44.5 Å². The lowest BCUT2D eigenvalue weighted by Crippen LogP contribution is -2.80. The van der Waals surface area contributed by atoms with Gasteiger partial charge < -0.3 is 4.42 Å². The summed E-state index contributed by atoms with van der Waals surface area (Å²) in [4.78, 5) is 0. The minimum Gasteiger partial charge on any atom is -0.455 e. The summed E-state index contributed by atoms with van der Waals surface area (Å²) >= 11 is 0. The lowest BCUT2D eigenvalue weighted by molar-refractivity contribution is -0.837. The number of aryl methyl sites for hydroxylation is 4. The molecule has 3 aromatic carbocycles. The second kappa shape index (κ2) is 8.07. The van der Waals surface area contributed by atoms with Crippen molar-refractivity contribution in [3.8, 4) is 22.5 Å². The fourth-order valence-electron chi connectivity index (χ4n) is 8.98. The Morgan fingerprint density at radius 1 is 0.833 bits per heavy atom. The zero-order valence-electron chi connectivity index (χ0n) is 24.6. The zero-order chi connectivity index (χ0) is 28.5. The molecule has 3 heteroatoms. The van der Waals surface area contributed by atoms with Gasteiger partial charge in [-0.25, -0.2) is 0 Å². The summed E-state index contributed by atoms with van der Waals surface area (Å²) in [5.41, 5.74) is 15.0. The zero-order valence-corrected chi connectivity index (χ0v) is 24.6. The normalized spacial score (nSPS) is 23.1. The molecule has 42 heavy (non-hydrogen) atoms. The van der Waals surface area contributed by atoms with Crippen LogP contribution in [-0.4, -0.2) is 0 Å². The van der Waals surface area contributed by atoms with Crippen molar-refractivity contribution in [3.63, 3.8) is 0 Å². The molecule has 0 radical (unpaired) electrons. The third kappa shape index (κ3) is 2.82. The molecule has 3 nitrogen and oxygen atoms in total. The molecule has 0 bridgehead atoms. The van der Waals surface area contributed by atoms with Gasteiger partial charge in [0.1, 0.15) is 23.0 Å². The first-order valence-electron chi connectivity index (χ1n) is 15.1. The quantitative estimate of drug-likeness (QED) is 0.151. The van der Waals surface area contributed by atoms with Crippen LogP contribution in [-0.2, 0) is 12.0 Å². The van der Waals surface area contributed by atoms with Crippen molar-refractivity contribution >= 4 is 21.9 Å². The molecule has 3 aliphatic rings. The van der Waals surface area contributed by atoms with Crippen LogP contribution in [0.3, 0.4) is 0 Å². The van der Waals surface area contributed by atoms with Gasteiger partial charge in [0.2, 0.25) is 11.4 Å². The SMILES string of the molecule is C=CC1C2C(c3ccc4c(oc5cc(C)ccc54)c3-c3cccc[n+]32)C12Cc1c(C)cc(C)cc1-c1cc(C)cc[n+]12. The molecule has 5 heterocycles. The van der Waals surface area contributed by atoms with E-state index in [0.29, 0.717) is 0 Å². The van der Waals surface area contributed by atoms with Crippen molar-refractivity contribution in [2.24, 2.45) is 5.92 Å². The predicted molar refractivity (Wildman–Crippen MR) is 168 cm³/mol. The van der Waals surface area contributed by atoms with Crippen LogP contribution >= 0.6 is 0 Å². The summed E-state index contributed by atoms with van der Waals surface area (Å²) in [6, 6.07) is 27.6. The number of hydrogen-bond donors (Lipinski definition) is 0. The van der Waals surface area contributed by atoms with E-state index in [0.717, 1.165) is 17.6 Å². The van der Waals surface area contributed by atoms with Crippen LogP contribution in [0.2, 0.25) is 0 Å². The lowest BCUT2D eigenvalue weighted by Gasteiger charge is -2.56. The molecule has 1 spiro atoms. The molecule has 2 aliphatic heterocycles. The van der Waals surface area contributed by atoms with E-state index in [1.165, 1.54) is 66.7 Å². The number of aromatic nitrogens is 2. The number of nitrogens with zero attached hydrogens (tertiary/aromatic N) is 2. The van der Waals surface area contributed by atoms with Gasteiger partial charge in [-0.3, -0.25) is 0 Å². The van der Waals surface area contributed by atoms with E-state index in [-0.39, 0.29) is 23.4 Å². The van der Waals surface area contributed by atoms with Gasteiger partial charge in [0.25, 0.3) is 0 Å². The Kier molecular flexibility index (Phi) is 4.64.